The van der Waals surface area contributed by atoms with Crippen LogP contribution in [0.1, 0.15) is 62.5 Å². The topological polar surface area (TPSA) is 36.4 Å². The molecule has 1 aromatic heterocycles. The molecule has 1 heterocycles. The Morgan fingerprint density at radius 2 is 1.80 bits per heavy atom. The maximum atomic E-state index is 10.7. The van der Waals surface area contributed by atoms with E-state index in [0.29, 0.717) is 6.54 Å². The third-order valence-electron chi connectivity index (χ3n) is 5.02. The third-order valence-corrected chi connectivity index (χ3v) is 5.02. The number of fused-ring (bicyclic) bond motifs is 2. The Morgan fingerprint density at radius 3 is 2.52 bits per heavy atom. The van der Waals surface area contributed by atoms with Gasteiger partial charge in [-0.05, 0) is 74.9 Å². The number of halogens is 1. The fourth-order valence-electron chi connectivity index (χ4n) is 3.79. The Bertz CT molecular complexity index is 683. The van der Waals surface area contributed by atoms with Crippen molar-refractivity contribution in [2.45, 2.75) is 58.5 Å². The molecular weight excluding hydrogens is 332 g/mol. The van der Waals surface area contributed by atoms with E-state index in [2.05, 4.69) is 43.0 Å². The molecule has 0 radical (unpaired) electrons. The summed E-state index contributed by atoms with van der Waals surface area (Å²) in [6.45, 7) is 7.18. The molecule has 0 spiro atoms. The van der Waals surface area contributed by atoms with Crippen LogP contribution in [0.5, 0.6) is 0 Å². The molecule has 1 aliphatic carbocycles. The third kappa shape index (κ3) is 4.93. The lowest BCUT2D eigenvalue weighted by Crippen LogP contribution is -2.30. The lowest BCUT2D eigenvalue weighted by molar-refractivity contribution is 0.113. The smallest absolute Gasteiger partial charge is 0.0917 e. The number of nitrogens with zero attached hydrogens (tertiary/aromatic N) is 2. The number of aliphatic hydroxyl groups is 1. The number of hydrogen-bond donors (Lipinski definition) is 1. The van der Waals surface area contributed by atoms with Crippen molar-refractivity contribution in [3.8, 4) is 0 Å². The first-order valence-corrected chi connectivity index (χ1v) is 9.54. The first-order valence-electron chi connectivity index (χ1n) is 9.54. The van der Waals surface area contributed by atoms with Gasteiger partial charge in [0.15, 0.2) is 0 Å². The van der Waals surface area contributed by atoms with E-state index in [0.717, 1.165) is 49.9 Å². The van der Waals surface area contributed by atoms with Crippen LogP contribution < -0.4 is 0 Å². The van der Waals surface area contributed by atoms with Crippen LogP contribution in [-0.4, -0.2) is 34.6 Å². The number of aryl methyl sites for hydroxylation is 2. The largest absolute Gasteiger partial charge is 0.387 e. The summed E-state index contributed by atoms with van der Waals surface area (Å²) in [6, 6.07) is 8.58. The Kier molecular flexibility index (Phi) is 7.67. The number of benzene rings is 1. The molecule has 0 aliphatic heterocycles. The minimum absolute atomic E-state index is 0. The molecule has 0 bridgehead atoms. The van der Waals surface area contributed by atoms with Gasteiger partial charge in [0.05, 0.1) is 11.6 Å². The number of aliphatic hydroxyl groups excluding tert-OH is 1. The van der Waals surface area contributed by atoms with E-state index in [1.807, 2.05) is 0 Å². The van der Waals surface area contributed by atoms with Crippen LogP contribution in [0.25, 0.3) is 10.9 Å². The van der Waals surface area contributed by atoms with Crippen LogP contribution in [0.4, 0.5) is 0 Å². The highest BCUT2D eigenvalue weighted by atomic mass is 35.5. The summed E-state index contributed by atoms with van der Waals surface area (Å²) in [7, 11) is 0. The monoisotopic (exact) mass is 362 g/mol. The summed E-state index contributed by atoms with van der Waals surface area (Å²) in [5, 5.41) is 11.9. The standard InChI is InChI=1S/C21H30N2O.ClH/c1-3-11-23(12-4-2)15-21(24)18-10-9-17-13-16-7-5-6-8-19(16)22-20(17)14-18;/h9-10,13-14,21,24H,3-8,11-12,15H2,1-2H3;1H. The lowest BCUT2D eigenvalue weighted by Gasteiger charge is -2.24. The van der Waals surface area contributed by atoms with Crippen LogP contribution in [0.3, 0.4) is 0 Å². The number of pyridine rings is 1. The second-order valence-electron chi connectivity index (χ2n) is 7.07. The Labute approximate surface area is 157 Å². The maximum absolute atomic E-state index is 10.7. The normalized spacial score (nSPS) is 15.0. The number of rotatable bonds is 7. The molecule has 4 heteroatoms. The second kappa shape index (κ2) is 9.51. The van der Waals surface area contributed by atoms with Gasteiger partial charge in [-0.3, -0.25) is 4.98 Å². The van der Waals surface area contributed by atoms with Crippen LogP contribution in [0.15, 0.2) is 24.3 Å². The molecule has 3 nitrogen and oxygen atoms in total. The number of aromatic nitrogens is 1. The maximum Gasteiger partial charge on any atom is 0.0917 e. The molecular formula is C21H31ClN2O. The minimum Gasteiger partial charge on any atom is -0.387 e. The zero-order chi connectivity index (χ0) is 16.9. The van der Waals surface area contributed by atoms with Crippen molar-refractivity contribution >= 4 is 23.3 Å². The van der Waals surface area contributed by atoms with Gasteiger partial charge in [-0.25, -0.2) is 0 Å². The highest BCUT2D eigenvalue weighted by Crippen LogP contribution is 2.26. The van der Waals surface area contributed by atoms with Crippen LogP contribution in [0, 0.1) is 0 Å². The summed E-state index contributed by atoms with van der Waals surface area (Å²) in [5.74, 6) is 0. The van der Waals surface area contributed by atoms with Gasteiger partial charge in [-0.2, -0.15) is 0 Å². The van der Waals surface area contributed by atoms with E-state index >= 15 is 0 Å². The first-order chi connectivity index (χ1) is 11.7. The summed E-state index contributed by atoms with van der Waals surface area (Å²) >= 11 is 0. The Hall–Kier alpha value is -1.16. The van der Waals surface area contributed by atoms with Crippen LogP contribution in [-0.2, 0) is 12.8 Å². The van der Waals surface area contributed by atoms with Gasteiger partial charge in [0.2, 0.25) is 0 Å². The molecule has 1 unspecified atom stereocenters. The van der Waals surface area contributed by atoms with E-state index < -0.39 is 6.10 Å². The summed E-state index contributed by atoms with van der Waals surface area (Å²) in [5.41, 5.74) is 4.70. The van der Waals surface area contributed by atoms with Gasteiger partial charge in [0.25, 0.3) is 0 Å². The predicted octanol–water partition coefficient (Wildman–Crippen LogP) is 4.69. The Morgan fingerprint density at radius 1 is 1.08 bits per heavy atom. The minimum atomic E-state index is -0.440. The average molecular weight is 363 g/mol. The highest BCUT2D eigenvalue weighted by Gasteiger charge is 2.15. The van der Waals surface area contributed by atoms with E-state index in [4.69, 9.17) is 4.98 Å². The Balaban J connectivity index is 0.00000225. The van der Waals surface area contributed by atoms with E-state index in [-0.39, 0.29) is 12.4 Å². The van der Waals surface area contributed by atoms with Crippen molar-refractivity contribution in [3.63, 3.8) is 0 Å². The van der Waals surface area contributed by atoms with Crippen LogP contribution in [0.2, 0.25) is 0 Å². The summed E-state index contributed by atoms with van der Waals surface area (Å²) in [6.07, 6.45) is 6.59. The molecule has 25 heavy (non-hydrogen) atoms. The zero-order valence-electron chi connectivity index (χ0n) is 15.5. The molecule has 0 saturated heterocycles. The molecule has 2 aromatic rings. The van der Waals surface area contributed by atoms with Gasteiger partial charge in [0.1, 0.15) is 0 Å². The van der Waals surface area contributed by atoms with Gasteiger partial charge in [-0.1, -0.05) is 26.0 Å². The molecule has 0 fully saturated rings. The molecule has 1 aliphatic rings. The molecule has 1 aromatic carbocycles. The summed E-state index contributed by atoms with van der Waals surface area (Å²) in [4.78, 5) is 7.24. The van der Waals surface area contributed by atoms with Crippen LogP contribution >= 0.6 is 12.4 Å². The van der Waals surface area contributed by atoms with Crippen molar-refractivity contribution in [1.82, 2.24) is 9.88 Å². The van der Waals surface area contributed by atoms with Crippen molar-refractivity contribution in [3.05, 3.63) is 41.1 Å². The zero-order valence-corrected chi connectivity index (χ0v) is 16.3. The predicted molar refractivity (Wildman–Crippen MR) is 108 cm³/mol. The van der Waals surface area contributed by atoms with Gasteiger partial charge < -0.3 is 10.0 Å². The molecule has 138 valence electrons. The van der Waals surface area contributed by atoms with E-state index in [1.54, 1.807) is 0 Å². The second-order valence-corrected chi connectivity index (χ2v) is 7.07. The SMILES string of the molecule is CCCN(CCC)CC(O)c1ccc2cc3c(nc2c1)CCCC3.Cl. The number of hydrogen-bond acceptors (Lipinski definition) is 3. The molecule has 0 amide bonds. The average Bonchev–Trinajstić information content (AvgIpc) is 2.59. The van der Waals surface area contributed by atoms with Gasteiger partial charge >= 0.3 is 0 Å². The van der Waals surface area contributed by atoms with Gasteiger partial charge in [-0.15, -0.1) is 12.4 Å². The van der Waals surface area contributed by atoms with Crippen molar-refractivity contribution in [2.75, 3.05) is 19.6 Å². The molecule has 3 rings (SSSR count). The molecule has 1 atom stereocenters. The fraction of sp³-hybridized carbons (Fsp3) is 0.571. The molecule has 1 N–H and O–H groups in total. The highest BCUT2D eigenvalue weighted by molar-refractivity contribution is 5.85. The lowest BCUT2D eigenvalue weighted by atomic mass is 9.94. The first kappa shape index (κ1) is 20.2. The van der Waals surface area contributed by atoms with Crippen molar-refractivity contribution in [2.24, 2.45) is 0 Å². The fourth-order valence-corrected chi connectivity index (χ4v) is 3.79. The van der Waals surface area contributed by atoms with Gasteiger partial charge in [0, 0.05) is 17.6 Å². The van der Waals surface area contributed by atoms with E-state index in [1.165, 1.54) is 29.5 Å². The summed E-state index contributed by atoms with van der Waals surface area (Å²) < 4.78 is 0. The van der Waals surface area contributed by atoms with E-state index in [9.17, 15) is 5.11 Å². The quantitative estimate of drug-likeness (QED) is 0.776. The molecule has 0 saturated carbocycles. The van der Waals surface area contributed by atoms with Crippen molar-refractivity contribution < 1.29 is 5.11 Å². The van der Waals surface area contributed by atoms with Crippen molar-refractivity contribution in [1.29, 1.82) is 0 Å².